The van der Waals surface area contributed by atoms with Crippen molar-refractivity contribution in [1.29, 1.82) is 5.26 Å². The number of hydrogen-bond donors (Lipinski definition) is 3. The molecular formula is C14H13N5O. The highest BCUT2D eigenvalue weighted by Crippen LogP contribution is 2.07. The number of anilines is 1. The van der Waals surface area contributed by atoms with E-state index in [0.29, 0.717) is 23.5 Å². The number of hydrazine groups is 1. The van der Waals surface area contributed by atoms with Gasteiger partial charge in [-0.05, 0) is 29.8 Å². The number of carbonyl (C=O) groups excluding carboxylic acids is 1. The molecule has 20 heavy (non-hydrogen) atoms. The Labute approximate surface area is 116 Å². The van der Waals surface area contributed by atoms with Crippen LogP contribution in [0.4, 0.5) is 5.82 Å². The fourth-order valence-corrected chi connectivity index (χ4v) is 1.69. The smallest absolute Gasteiger partial charge is 0.251 e. The Morgan fingerprint density at radius 3 is 2.95 bits per heavy atom. The summed E-state index contributed by atoms with van der Waals surface area (Å²) in [6, 6.07) is 12.3. The molecule has 0 spiro atoms. The maximum Gasteiger partial charge on any atom is 0.251 e. The molecule has 0 bridgehead atoms. The van der Waals surface area contributed by atoms with Crippen LogP contribution < -0.4 is 16.6 Å². The van der Waals surface area contributed by atoms with E-state index in [1.807, 2.05) is 6.07 Å². The van der Waals surface area contributed by atoms with Gasteiger partial charge in [0.1, 0.15) is 5.82 Å². The molecule has 0 aliphatic rings. The van der Waals surface area contributed by atoms with E-state index in [-0.39, 0.29) is 5.91 Å². The van der Waals surface area contributed by atoms with Gasteiger partial charge < -0.3 is 10.7 Å². The second-order valence-corrected chi connectivity index (χ2v) is 4.07. The highest BCUT2D eigenvalue weighted by Gasteiger charge is 2.06. The second-order valence-electron chi connectivity index (χ2n) is 4.07. The zero-order valence-corrected chi connectivity index (χ0v) is 10.6. The molecule has 0 saturated carbocycles. The van der Waals surface area contributed by atoms with Crippen molar-refractivity contribution >= 4 is 11.7 Å². The molecule has 0 atom stereocenters. The van der Waals surface area contributed by atoms with E-state index < -0.39 is 0 Å². The molecule has 1 aromatic heterocycles. The molecule has 2 aromatic rings. The molecule has 0 unspecified atom stereocenters. The molecule has 1 heterocycles. The lowest BCUT2D eigenvalue weighted by Gasteiger charge is -2.06. The van der Waals surface area contributed by atoms with Gasteiger partial charge in [0.15, 0.2) is 0 Å². The van der Waals surface area contributed by atoms with Crippen LogP contribution in [0.5, 0.6) is 0 Å². The Morgan fingerprint density at radius 1 is 1.35 bits per heavy atom. The first-order valence-corrected chi connectivity index (χ1v) is 5.93. The minimum absolute atomic E-state index is 0.230. The number of nitrogens with one attached hydrogen (secondary N) is 2. The number of nitriles is 1. The molecule has 100 valence electrons. The zero-order chi connectivity index (χ0) is 14.4. The van der Waals surface area contributed by atoms with Gasteiger partial charge in [0.2, 0.25) is 0 Å². The summed E-state index contributed by atoms with van der Waals surface area (Å²) < 4.78 is 0. The molecule has 0 radical (unpaired) electrons. The standard InChI is InChI=1S/C14H13N5O/c15-8-10-2-1-3-11(6-10)9-18-14(20)12-4-5-17-13(7-12)19-16/h1-7H,9,16H2,(H,17,19)(H,18,20). The maximum atomic E-state index is 12.0. The summed E-state index contributed by atoms with van der Waals surface area (Å²) in [6.45, 7) is 0.349. The molecule has 6 nitrogen and oxygen atoms in total. The first-order chi connectivity index (χ1) is 9.72. The molecule has 0 aliphatic carbocycles. The molecule has 1 aromatic carbocycles. The molecular weight excluding hydrogens is 254 g/mol. The Morgan fingerprint density at radius 2 is 2.20 bits per heavy atom. The van der Waals surface area contributed by atoms with Crippen LogP contribution in [-0.4, -0.2) is 10.9 Å². The van der Waals surface area contributed by atoms with Crippen molar-refractivity contribution in [3.8, 4) is 6.07 Å². The van der Waals surface area contributed by atoms with Crippen LogP contribution in [0.25, 0.3) is 0 Å². The number of pyridine rings is 1. The highest BCUT2D eigenvalue weighted by atomic mass is 16.1. The summed E-state index contributed by atoms with van der Waals surface area (Å²) in [7, 11) is 0. The van der Waals surface area contributed by atoms with Crippen LogP contribution in [0.1, 0.15) is 21.5 Å². The predicted octanol–water partition coefficient (Wildman–Crippen LogP) is 1.17. The Hall–Kier alpha value is -2.91. The Kier molecular flexibility index (Phi) is 4.27. The van der Waals surface area contributed by atoms with Crippen LogP contribution in [0, 0.1) is 11.3 Å². The number of nitrogen functional groups attached to an aromatic ring is 1. The van der Waals surface area contributed by atoms with Crippen molar-refractivity contribution in [2.75, 3.05) is 5.43 Å². The van der Waals surface area contributed by atoms with Crippen LogP contribution >= 0.6 is 0 Å². The van der Waals surface area contributed by atoms with Crippen LogP contribution in [-0.2, 0) is 6.54 Å². The van der Waals surface area contributed by atoms with Crippen LogP contribution in [0.3, 0.4) is 0 Å². The third-order valence-corrected chi connectivity index (χ3v) is 2.68. The van der Waals surface area contributed by atoms with Gasteiger partial charge in [-0.15, -0.1) is 0 Å². The van der Waals surface area contributed by atoms with E-state index in [1.165, 1.54) is 6.20 Å². The summed E-state index contributed by atoms with van der Waals surface area (Å²) in [5.41, 5.74) is 4.28. The van der Waals surface area contributed by atoms with Crippen molar-refractivity contribution in [3.05, 3.63) is 59.3 Å². The normalized spacial score (nSPS) is 9.60. The monoisotopic (exact) mass is 267 g/mol. The van der Waals surface area contributed by atoms with Gasteiger partial charge >= 0.3 is 0 Å². The Balaban J connectivity index is 2.03. The number of nitrogens with two attached hydrogens (primary N) is 1. The van der Waals surface area contributed by atoms with Crippen molar-refractivity contribution in [2.45, 2.75) is 6.54 Å². The number of aromatic nitrogens is 1. The first-order valence-electron chi connectivity index (χ1n) is 5.93. The number of amides is 1. The molecule has 1 amide bonds. The summed E-state index contributed by atoms with van der Waals surface area (Å²) >= 11 is 0. The molecule has 6 heteroatoms. The molecule has 0 saturated heterocycles. The van der Waals surface area contributed by atoms with E-state index in [2.05, 4.69) is 21.8 Å². The van der Waals surface area contributed by atoms with Gasteiger partial charge in [-0.2, -0.15) is 5.26 Å². The van der Waals surface area contributed by atoms with Gasteiger partial charge in [-0.3, -0.25) is 4.79 Å². The number of rotatable bonds is 4. The molecule has 4 N–H and O–H groups in total. The fourth-order valence-electron chi connectivity index (χ4n) is 1.69. The van der Waals surface area contributed by atoms with Gasteiger partial charge in [0.05, 0.1) is 11.6 Å². The van der Waals surface area contributed by atoms with Crippen molar-refractivity contribution in [3.63, 3.8) is 0 Å². The average Bonchev–Trinajstić information content (AvgIpc) is 2.52. The first kappa shape index (κ1) is 13.5. The summed E-state index contributed by atoms with van der Waals surface area (Å²) in [6.07, 6.45) is 1.50. The van der Waals surface area contributed by atoms with Gasteiger partial charge in [-0.25, -0.2) is 10.8 Å². The lowest BCUT2D eigenvalue weighted by molar-refractivity contribution is 0.0951. The summed E-state index contributed by atoms with van der Waals surface area (Å²) in [4.78, 5) is 15.9. The second kappa shape index (κ2) is 6.31. The van der Waals surface area contributed by atoms with Crippen LogP contribution in [0.2, 0.25) is 0 Å². The van der Waals surface area contributed by atoms with E-state index in [1.54, 1.807) is 30.3 Å². The largest absolute Gasteiger partial charge is 0.348 e. The van der Waals surface area contributed by atoms with Crippen molar-refractivity contribution in [1.82, 2.24) is 10.3 Å². The minimum Gasteiger partial charge on any atom is -0.348 e. The van der Waals surface area contributed by atoms with Gasteiger partial charge in [0.25, 0.3) is 5.91 Å². The third kappa shape index (κ3) is 3.31. The fraction of sp³-hybridized carbons (Fsp3) is 0.0714. The number of nitrogens with zero attached hydrogens (tertiary/aromatic N) is 2. The maximum absolute atomic E-state index is 12.0. The quantitative estimate of drug-likeness (QED) is 0.570. The van der Waals surface area contributed by atoms with Gasteiger partial charge in [0, 0.05) is 18.3 Å². The Bertz CT molecular complexity index is 663. The van der Waals surface area contributed by atoms with E-state index in [4.69, 9.17) is 11.1 Å². The average molecular weight is 267 g/mol. The number of carbonyl (C=O) groups is 1. The summed E-state index contributed by atoms with van der Waals surface area (Å²) in [5.74, 6) is 5.43. The molecule has 0 aliphatic heterocycles. The predicted molar refractivity (Wildman–Crippen MR) is 74.4 cm³/mol. The van der Waals surface area contributed by atoms with Crippen LogP contribution in [0.15, 0.2) is 42.6 Å². The molecule has 2 rings (SSSR count). The van der Waals surface area contributed by atoms with E-state index >= 15 is 0 Å². The van der Waals surface area contributed by atoms with E-state index in [0.717, 1.165) is 5.56 Å². The van der Waals surface area contributed by atoms with Gasteiger partial charge in [-0.1, -0.05) is 12.1 Å². The lowest BCUT2D eigenvalue weighted by atomic mass is 10.1. The SMILES string of the molecule is N#Cc1cccc(CNC(=O)c2ccnc(NN)c2)c1. The minimum atomic E-state index is -0.230. The highest BCUT2D eigenvalue weighted by molar-refractivity contribution is 5.94. The number of benzene rings is 1. The topological polar surface area (TPSA) is 104 Å². The van der Waals surface area contributed by atoms with Crippen molar-refractivity contribution in [2.24, 2.45) is 5.84 Å². The van der Waals surface area contributed by atoms with Crippen molar-refractivity contribution < 1.29 is 4.79 Å². The third-order valence-electron chi connectivity index (χ3n) is 2.68. The zero-order valence-electron chi connectivity index (χ0n) is 10.6. The lowest BCUT2D eigenvalue weighted by Crippen LogP contribution is -2.23. The van der Waals surface area contributed by atoms with E-state index in [9.17, 15) is 4.79 Å². The summed E-state index contributed by atoms with van der Waals surface area (Å²) in [5, 5.41) is 11.6. The molecule has 0 fully saturated rings. The number of hydrogen-bond acceptors (Lipinski definition) is 5.